The van der Waals surface area contributed by atoms with Crippen molar-refractivity contribution < 1.29 is 0 Å². The minimum atomic E-state index is 1.25. The van der Waals surface area contributed by atoms with Crippen molar-refractivity contribution in [1.82, 2.24) is 0 Å². The fourth-order valence-electron chi connectivity index (χ4n) is 2.75. The van der Waals surface area contributed by atoms with Crippen LogP contribution in [0.15, 0.2) is 0 Å². The Morgan fingerprint density at radius 1 is 0.107 bits per heavy atom. The molecular formula is C56H116. The molecule has 0 N–H and O–H groups in total. The lowest BCUT2D eigenvalue weighted by Gasteiger charge is -2.05. The van der Waals surface area contributed by atoms with E-state index in [1.807, 2.05) is 0 Å². The summed E-state index contributed by atoms with van der Waals surface area (Å²) in [5.41, 5.74) is 0. The van der Waals surface area contributed by atoms with Crippen LogP contribution in [0, 0.1) is 0 Å². The Labute approximate surface area is 360 Å². The molecule has 0 nitrogen and oxygen atoms in total. The highest BCUT2D eigenvalue weighted by Gasteiger charge is 1.99. The molecule has 0 radical (unpaired) electrons. The molecule has 0 bridgehead atoms. The highest BCUT2D eigenvalue weighted by molar-refractivity contribution is 4.55. The highest BCUT2D eigenvalue weighted by atomic mass is 14.1. The molecule has 0 aromatic heterocycles. The first-order valence-electron chi connectivity index (χ1n) is 27.8. The van der Waals surface area contributed by atoms with Gasteiger partial charge in [-0.1, -0.05) is 362 Å². The maximum atomic E-state index is 2.12. The van der Waals surface area contributed by atoms with E-state index in [4.69, 9.17) is 0 Å². The first-order valence-corrected chi connectivity index (χ1v) is 27.8. The van der Waals surface area contributed by atoms with E-state index in [-0.39, 0.29) is 0 Å². The van der Waals surface area contributed by atoms with Gasteiger partial charge < -0.3 is 0 Å². The molecule has 0 aliphatic heterocycles. The highest BCUT2D eigenvalue weighted by Crippen LogP contribution is 2.19. The Balaban J connectivity index is 0. The van der Waals surface area contributed by atoms with Crippen LogP contribution in [0.1, 0.15) is 362 Å². The summed E-state index contributed by atoms with van der Waals surface area (Å²) in [6.07, 6.45) is 77.5. The fraction of sp³-hybridized carbons (Fsp3) is 1.00. The molecule has 13 aliphatic carbocycles. The second-order valence-electron chi connectivity index (χ2n) is 19.1. The average Bonchev–Trinajstić information content (AvgIpc) is 3.68. The molecule has 0 spiro atoms. The van der Waals surface area contributed by atoms with Crippen LogP contribution >= 0.6 is 0 Å². The Hall–Kier alpha value is 0. The van der Waals surface area contributed by atoms with Gasteiger partial charge in [-0.05, 0) is 0 Å². The Kier molecular flexibility index (Phi) is 61.5. The van der Waals surface area contributed by atoms with Crippen molar-refractivity contribution in [3.05, 3.63) is 0 Å². The predicted octanol–water partition coefficient (Wildman–Crippen LogP) is 22.3. The van der Waals surface area contributed by atoms with E-state index in [9.17, 15) is 0 Å². The van der Waals surface area contributed by atoms with E-state index in [0.717, 1.165) is 0 Å². The van der Waals surface area contributed by atoms with Crippen LogP contribution < -0.4 is 0 Å². The van der Waals surface area contributed by atoms with Gasteiger partial charge in [0.2, 0.25) is 0 Å². The Morgan fingerprint density at radius 3 is 0.125 bits per heavy atom. The summed E-state index contributed by atoms with van der Waals surface area (Å²) in [6, 6.07) is 0. The van der Waals surface area contributed by atoms with E-state index >= 15 is 0 Å². The molecule has 13 saturated carbocycles. The minimum Gasteiger partial charge on any atom is -0.0656 e. The number of hydrogen-bond donors (Lipinski definition) is 0. The molecule has 0 saturated heterocycles. The smallest absolute Gasteiger partial charge is 0.0533 e. The van der Waals surface area contributed by atoms with Gasteiger partial charge in [0, 0.05) is 0 Å². The van der Waals surface area contributed by atoms with Gasteiger partial charge in [0.25, 0.3) is 0 Å². The first kappa shape index (κ1) is 58.1. The molecule has 0 heteroatoms. The van der Waals surface area contributed by atoms with Crippen LogP contribution in [-0.4, -0.2) is 0 Å². The molecule has 340 valence electrons. The van der Waals surface area contributed by atoms with Crippen molar-refractivity contribution >= 4 is 0 Å². The Morgan fingerprint density at radius 2 is 0.125 bits per heavy atom. The molecule has 13 fully saturated rings. The van der Waals surface area contributed by atoms with Gasteiger partial charge in [0.15, 0.2) is 0 Å². The molecule has 0 unspecified atom stereocenters. The maximum absolute atomic E-state index is 2.12. The lowest BCUT2D eigenvalue weighted by molar-refractivity contribution is 0.504. The van der Waals surface area contributed by atoms with Crippen LogP contribution in [0.4, 0.5) is 0 Å². The largest absolute Gasteiger partial charge is 0.0656 e. The van der Waals surface area contributed by atoms with Crippen molar-refractivity contribution in [1.29, 1.82) is 0 Å². The quantitative estimate of drug-likeness (QED) is 0.229. The van der Waals surface area contributed by atoms with Crippen LogP contribution in [-0.2, 0) is 0 Å². The third-order valence-corrected chi connectivity index (χ3v) is 11.7. The molecule has 0 atom stereocenters. The second kappa shape index (κ2) is 59.3. The van der Waals surface area contributed by atoms with Gasteiger partial charge in [-0.15, -0.1) is 0 Å². The standard InChI is InChI=1S/11C4H8.2C3H6.2C3H8/c11*1-2-4-3-1;2*1-2-3-1;2*1-3-2/h11*1-4H2;2*1-3H2;2*3H2,1-2H3. The summed E-state index contributed by atoms with van der Waals surface area (Å²) >= 11 is 0. The lowest BCUT2D eigenvalue weighted by atomic mass is 10.0. The van der Waals surface area contributed by atoms with Crippen molar-refractivity contribution in [2.45, 2.75) is 362 Å². The summed E-state index contributed by atoms with van der Waals surface area (Å²) in [7, 11) is 0. The minimum absolute atomic E-state index is 1.25. The van der Waals surface area contributed by atoms with E-state index in [1.54, 1.807) is 0 Å². The maximum Gasteiger partial charge on any atom is -0.0533 e. The topological polar surface area (TPSA) is 0 Å². The number of rotatable bonds is 0. The predicted molar refractivity (Wildman–Crippen MR) is 263 cm³/mol. The zero-order chi connectivity index (χ0) is 40.8. The molecule has 0 amide bonds. The van der Waals surface area contributed by atoms with E-state index in [2.05, 4.69) is 27.7 Å². The van der Waals surface area contributed by atoms with Crippen molar-refractivity contribution in [3.63, 3.8) is 0 Å². The van der Waals surface area contributed by atoms with Gasteiger partial charge in [-0.3, -0.25) is 0 Å². The van der Waals surface area contributed by atoms with Crippen LogP contribution in [0.3, 0.4) is 0 Å². The van der Waals surface area contributed by atoms with Crippen LogP contribution in [0.5, 0.6) is 0 Å². The normalized spacial score (nSPS) is 22.1. The van der Waals surface area contributed by atoms with Crippen molar-refractivity contribution in [2.75, 3.05) is 0 Å². The van der Waals surface area contributed by atoms with Gasteiger partial charge in [0.05, 0.1) is 0 Å². The molecule has 13 rings (SSSR count). The third-order valence-electron chi connectivity index (χ3n) is 11.7. The monoisotopic (exact) mass is 789 g/mol. The van der Waals surface area contributed by atoms with Crippen LogP contribution in [0.25, 0.3) is 0 Å². The van der Waals surface area contributed by atoms with Gasteiger partial charge in [-0.2, -0.15) is 0 Å². The zero-order valence-electron chi connectivity index (χ0n) is 40.8. The SMILES string of the molecule is C1CC1.C1CC1.C1CCC1.C1CCC1.C1CCC1.C1CCC1.C1CCC1.C1CCC1.C1CCC1.C1CCC1.C1CCC1.C1CCC1.C1CCC1.CCC.CCC. The third kappa shape index (κ3) is 71.7. The zero-order valence-corrected chi connectivity index (χ0v) is 40.8. The number of hydrogen-bond acceptors (Lipinski definition) is 0. The average molecular weight is 790 g/mol. The molecule has 0 aromatic rings. The van der Waals surface area contributed by atoms with E-state index in [1.165, 1.54) is 334 Å². The summed E-state index contributed by atoms with van der Waals surface area (Å²) in [5, 5.41) is 0. The lowest BCUT2D eigenvalue weighted by Crippen LogP contribution is -1.85. The Bertz CT molecular complexity index is 335. The molecular weight excluding hydrogens is 673 g/mol. The summed E-state index contributed by atoms with van der Waals surface area (Å²) in [4.78, 5) is 0. The summed E-state index contributed by atoms with van der Waals surface area (Å²) in [5.74, 6) is 0. The fourth-order valence-corrected chi connectivity index (χ4v) is 2.75. The second-order valence-corrected chi connectivity index (χ2v) is 19.1. The summed E-state index contributed by atoms with van der Waals surface area (Å²) in [6.45, 7) is 8.50. The van der Waals surface area contributed by atoms with Gasteiger partial charge in [-0.25, -0.2) is 0 Å². The molecule has 0 aromatic carbocycles. The van der Waals surface area contributed by atoms with Gasteiger partial charge in [0.1, 0.15) is 0 Å². The molecule has 56 heavy (non-hydrogen) atoms. The first-order chi connectivity index (χ1) is 27.8. The molecule has 0 heterocycles. The van der Waals surface area contributed by atoms with Gasteiger partial charge >= 0.3 is 0 Å². The van der Waals surface area contributed by atoms with Crippen molar-refractivity contribution in [3.8, 4) is 0 Å². The van der Waals surface area contributed by atoms with E-state index in [0.29, 0.717) is 0 Å². The van der Waals surface area contributed by atoms with E-state index < -0.39 is 0 Å². The molecule has 13 aliphatic rings. The van der Waals surface area contributed by atoms with Crippen LogP contribution in [0.2, 0.25) is 0 Å². The summed E-state index contributed by atoms with van der Waals surface area (Å²) < 4.78 is 0. The van der Waals surface area contributed by atoms with Crippen molar-refractivity contribution in [2.24, 2.45) is 0 Å².